The van der Waals surface area contributed by atoms with E-state index in [-0.39, 0.29) is 16.4 Å². The molecular formula is C21H21Cl2N3O3. The minimum absolute atomic E-state index is 0.117. The summed E-state index contributed by atoms with van der Waals surface area (Å²) in [5.74, 6) is 0.693. The van der Waals surface area contributed by atoms with Gasteiger partial charge in [0.05, 0.1) is 27.9 Å². The molecule has 1 aliphatic heterocycles. The highest BCUT2D eigenvalue weighted by atomic mass is 35.5. The molecule has 0 saturated heterocycles. The average Bonchev–Trinajstić information content (AvgIpc) is 2.64. The molecule has 3 heterocycles. The zero-order valence-corrected chi connectivity index (χ0v) is 17.9. The molecule has 1 aliphatic rings. The lowest BCUT2D eigenvalue weighted by Crippen LogP contribution is -2.37. The van der Waals surface area contributed by atoms with Crippen LogP contribution in [0.3, 0.4) is 0 Å². The molecule has 0 bridgehead atoms. The topological polar surface area (TPSA) is 79.2 Å². The summed E-state index contributed by atoms with van der Waals surface area (Å²) in [4.78, 5) is 35.1. The van der Waals surface area contributed by atoms with Gasteiger partial charge in [0, 0.05) is 42.1 Å². The van der Waals surface area contributed by atoms with E-state index in [4.69, 9.17) is 27.6 Å². The Kier molecular flexibility index (Phi) is 5.05. The number of nitrogens with zero attached hydrogens (tertiary/aromatic N) is 2. The van der Waals surface area contributed by atoms with Gasteiger partial charge in [-0.15, -0.1) is 0 Å². The molecule has 152 valence electrons. The maximum atomic E-state index is 12.9. The van der Waals surface area contributed by atoms with Crippen LogP contribution in [0.5, 0.6) is 0 Å². The van der Waals surface area contributed by atoms with Gasteiger partial charge in [-0.3, -0.25) is 14.5 Å². The van der Waals surface area contributed by atoms with Crippen molar-refractivity contribution in [2.75, 3.05) is 6.54 Å². The predicted molar refractivity (Wildman–Crippen MR) is 114 cm³/mol. The third kappa shape index (κ3) is 3.84. The first-order valence-corrected chi connectivity index (χ1v) is 10.1. The van der Waals surface area contributed by atoms with E-state index in [9.17, 15) is 9.59 Å². The van der Waals surface area contributed by atoms with E-state index in [2.05, 4.69) is 9.97 Å². The van der Waals surface area contributed by atoms with Gasteiger partial charge in [-0.25, -0.2) is 4.98 Å². The number of benzene rings is 1. The fourth-order valence-corrected chi connectivity index (χ4v) is 4.06. The van der Waals surface area contributed by atoms with Crippen LogP contribution in [0.2, 0.25) is 10.0 Å². The molecular weight excluding hydrogens is 413 g/mol. The largest absolute Gasteiger partial charge is 0.462 e. The van der Waals surface area contributed by atoms with E-state index in [1.807, 2.05) is 25.7 Å². The first kappa shape index (κ1) is 20.1. The van der Waals surface area contributed by atoms with Gasteiger partial charge in [0.1, 0.15) is 5.82 Å². The van der Waals surface area contributed by atoms with E-state index in [1.165, 1.54) is 6.26 Å². The second-order valence-corrected chi connectivity index (χ2v) is 9.25. The number of aromatic amines is 1. The predicted octanol–water partition coefficient (Wildman–Crippen LogP) is 4.04. The van der Waals surface area contributed by atoms with Gasteiger partial charge in [0.2, 0.25) is 0 Å². The quantitative estimate of drug-likeness (QED) is 0.659. The Bertz CT molecular complexity index is 1220. The molecule has 8 heteroatoms. The van der Waals surface area contributed by atoms with Gasteiger partial charge in [0.25, 0.3) is 5.56 Å². The monoisotopic (exact) mass is 433 g/mol. The summed E-state index contributed by atoms with van der Waals surface area (Å²) in [6, 6.07) is 3.10. The van der Waals surface area contributed by atoms with E-state index in [0.29, 0.717) is 64.0 Å². The molecule has 29 heavy (non-hydrogen) atoms. The normalized spacial score (nSPS) is 14.9. The number of aromatic nitrogens is 2. The van der Waals surface area contributed by atoms with Crippen LogP contribution in [-0.2, 0) is 24.9 Å². The number of halogens is 2. The molecule has 0 radical (unpaired) electrons. The summed E-state index contributed by atoms with van der Waals surface area (Å²) in [6.45, 7) is 7.54. The third-order valence-corrected chi connectivity index (χ3v) is 5.61. The van der Waals surface area contributed by atoms with Gasteiger partial charge < -0.3 is 9.40 Å². The van der Waals surface area contributed by atoms with Crippen molar-refractivity contribution in [2.24, 2.45) is 0 Å². The molecule has 0 amide bonds. The Morgan fingerprint density at radius 1 is 1.24 bits per heavy atom. The molecule has 3 aromatic rings. The number of hydrogen-bond acceptors (Lipinski definition) is 5. The molecule has 4 rings (SSSR count). The van der Waals surface area contributed by atoms with Gasteiger partial charge in [-0.05, 0) is 12.1 Å². The lowest BCUT2D eigenvalue weighted by molar-refractivity contribution is 0.238. The first-order chi connectivity index (χ1) is 13.6. The van der Waals surface area contributed by atoms with Crippen LogP contribution in [0.1, 0.15) is 43.4 Å². The first-order valence-electron chi connectivity index (χ1n) is 9.38. The fourth-order valence-electron chi connectivity index (χ4n) is 3.53. The van der Waals surface area contributed by atoms with Crippen molar-refractivity contribution in [3.05, 3.63) is 71.7 Å². The molecule has 0 spiro atoms. The summed E-state index contributed by atoms with van der Waals surface area (Å²) < 4.78 is 5.60. The van der Waals surface area contributed by atoms with Gasteiger partial charge in [-0.2, -0.15) is 0 Å². The highest BCUT2D eigenvalue weighted by Crippen LogP contribution is 2.27. The van der Waals surface area contributed by atoms with E-state index in [1.54, 1.807) is 12.1 Å². The Balaban J connectivity index is 1.64. The summed E-state index contributed by atoms with van der Waals surface area (Å²) >= 11 is 12.2. The van der Waals surface area contributed by atoms with Crippen LogP contribution >= 0.6 is 23.2 Å². The Labute approximate surface area is 177 Å². The summed E-state index contributed by atoms with van der Waals surface area (Å²) in [5, 5.41) is 1.04. The summed E-state index contributed by atoms with van der Waals surface area (Å²) in [7, 11) is 0. The van der Waals surface area contributed by atoms with E-state index in [0.717, 1.165) is 5.69 Å². The van der Waals surface area contributed by atoms with E-state index < -0.39 is 0 Å². The number of rotatable bonds is 2. The lowest BCUT2D eigenvalue weighted by atomic mass is 9.95. The third-order valence-electron chi connectivity index (χ3n) is 5.12. The molecule has 1 N–H and O–H groups in total. The van der Waals surface area contributed by atoms with Crippen molar-refractivity contribution in [1.82, 2.24) is 14.9 Å². The average molecular weight is 434 g/mol. The van der Waals surface area contributed by atoms with Crippen LogP contribution in [-0.4, -0.2) is 21.4 Å². The molecule has 0 saturated carbocycles. The zero-order valence-electron chi connectivity index (χ0n) is 16.4. The molecule has 6 nitrogen and oxygen atoms in total. The Morgan fingerprint density at radius 2 is 2.00 bits per heavy atom. The number of H-pyrrole nitrogens is 1. The van der Waals surface area contributed by atoms with Crippen LogP contribution in [0.4, 0.5) is 0 Å². The van der Waals surface area contributed by atoms with Crippen molar-refractivity contribution >= 4 is 34.2 Å². The molecule has 0 fully saturated rings. The van der Waals surface area contributed by atoms with Crippen LogP contribution < -0.4 is 11.0 Å². The minimum Gasteiger partial charge on any atom is -0.462 e. The number of fused-ring (bicyclic) bond motifs is 2. The van der Waals surface area contributed by atoms with Crippen molar-refractivity contribution < 1.29 is 4.42 Å². The van der Waals surface area contributed by atoms with Crippen molar-refractivity contribution in [2.45, 2.75) is 45.7 Å². The van der Waals surface area contributed by atoms with E-state index >= 15 is 0 Å². The SMILES string of the molecule is CC(C)(C)c1nc2c(c(=O)[nH]1)CN(Cc1coc3c(Cl)cc(Cl)cc3c1=O)CC2. The smallest absolute Gasteiger partial charge is 0.255 e. The molecule has 2 aromatic heterocycles. The van der Waals surface area contributed by atoms with Crippen LogP contribution in [0, 0.1) is 0 Å². The Morgan fingerprint density at radius 3 is 2.72 bits per heavy atom. The molecule has 0 aliphatic carbocycles. The second kappa shape index (κ2) is 7.27. The van der Waals surface area contributed by atoms with Crippen molar-refractivity contribution in [3.8, 4) is 0 Å². The van der Waals surface area contributed by atoms with Crippen LogP contribution in [0.25, 0.3) is 11.0 Å². The standard InChI is InChI=1S/C21H21Cl2N3O3/c1-21(2,3)20-24-16-4-5-26(9-14(16)19(28)25-20)8-11-10-29-18-13(17(11)27)6-12(22)7-15(18)23/h6-7,10H,4-5,8-9H2,1-3H3,(H,24,25,28). The van der Waals surface area contributed by atoms with Crippen LogP contribution in [0.15, 0.2) is 32.4 Å². The minimum atomic E-state index is -0.224. The lowest BCUT2D eigenvalue weighted by Gasteiger charge is -2.28. The molecule has 0 atom stereocenters. The zero-order chi connectivity index (χ0) is 20.9. The highest BCUT2D eigenvalue weighted by molar-refractivity contribution is 6.38. The number of nitrogens with one attached hydrogen (secondary N) is 1. The molecule has 0 unspecified atom stereocenters. The highest BCUT2D eigenvalue weighted by Gasteiger charge is 2.25. The molecule has 1 aromatic carbocycles. The number of hydrogen-bond donors (Lipinski definition) is 1. The fraction of sp³-hybridized carbons (Fsp3) is 0.381. The van der Waals surface area contributed by atoms with Gasteiger partial charge in [-0.1, -0.05) is 44.0 Å². The van der Waals surface area contributed by atoms with Gasteiger partial charge in [0.15, 0.2) is 11.0 Å². The van der Waals surface area contributed by atoms with Crippen molar-refractivity contribution in [3.63, 3.8) is 0 Å². The maximum absolute atomic E-state index is 12.9. The maximum Gasteiger partial charge on any atom is 0.255 e. The second-order valence-electron chi connectivity index (χ2n) is 8.40. The van der Waals surface area contributed by atoms with Gasteiger partial charge >= 0.3 is 0 Å². The summed E-state index contributed by atoms with van der Waals surface area (Å²) in [6.07, 6.45) is 2.09. The Hall–Kier alpha value is -2.15. The van der Waals surface area contributed by atoms with Crippen molar-refractivity contribution in [1.29, 1.82) is 0 Å². The summed E-state index contributed by atoms with van der Waals surface area (Å²) in [5.41, 5.74) is 1.79.